The molecule has 0 unspecified atom stereocenters. The number of aromatic nitrogens is 2. The minimum atomic E-state index is 0.00557. The lowest BCUT2D eigenvalue weighted by atomic mass is 10.1. The summed E-state index contributed by atoms with van der Waals surface area (Å²) in [7, 11) is 2.13. The number of aliphatic imine (C=N–C) groups is 1. The van der Waals surface area contributed by atoms with Crippen molar-refractivity contribution in [2.75, 3.05) is 56.6 Å². The van der Waals surface area contributed by atoms with Crippen molar-refractivity contribution >= 4 is 23.5 Å². The Labute approximate surface area is 188 Å². The topological polar surface area (TPSA) is 86.1 Å². The number of nitrogens with zero attached hydrogens (tertiary/aromatic N) is 5. The van der Waals surface area contributed by atoms with Crippen molar-refractivity contribution in [1.82, 2.24) is 14.9 Å². The summed E-state index contributed by atoms with van der Waals surface area (Å²) in [5.74, 6) is 2.85. The van der Waals surface area contributed by atoms with Crippen molar-refractivity contribution < 1.29 is 9.84 Å². The Balaban J connectivity index is 1.42. The van der Waals surface area contributed by atoms with Crippen LogP contribution in [0.5, 0.6) is 11.8 Å². The molecule has 1 fully saturated rings. The Morgan fingerprint density at radius 3 is 2.72 bits per heavy atom. The highest BCUT2D eigenvalue weighted by molar-refractivity contribution is 6.05. The number of fused-ring (bicyclic) bond motifs is 1. The van der Waals surface area contributed by atoms with E-state index in [9.17, 15) is 5.11 Å². The third kappa shape index (κ3) is 4.51. The van der Waals surface area contributed by atoms with Gasteiger partial charge in [-0.15, -0.1) is 0 Å². The van der Waals surface area contributed by atoms with Gasteiger partial charge in [0.05, 0.1) is 13.2 Å². The third-order valence-corrected chi connectivity index (χ3v) is 5.97. The average Bonchev–Trinajstić information content (AvgIpc) is 3.39. The zero-order valence-corrected chi connectivity index (χ0v) is 18.5. The van der Waals surface area contributed by atoms with Gasteiger partial charge in [0.2, 0.25) is 0 Å². The zero-order valence-electron chi connectivity index (χ0n) is 18.5. The summed E-state index contributed by atoms with van der Waals surface area (Å²) in [6.07, 6.45) is 5.04. The Kier molecular flexibility index (Phi) is 5.63. The van der Waals surface area contributed by atoms with Crippen LogP contribution in [0.1, 0.15) is 18.1 Å². The van der Waals surface area contributed by atoms with Gasteiger partial charge in [-0.3, -0.25) is 4.99 Å². The van der Waals surface area contributed by atoms with Crippen molar-refractivity contribution in [2.24, 2.45) is 4.99 Å². The standard InChI is InChI=1S/C24H28N6O2/c1-16-9-18-3-4-20(12-19(18)10-16)32-24-27-22(26-21-11-17(15-31)14-25-21)13-23(28-24)30-7-5-29(2)6-8-30/h3-4,10-13,31H,5-9,14-15H2,1-2H3,(H,25,26,27,28). The number of aliphatic hydroxyl groups is 1. The molecule has 0 spiro atoms. The first-order valence-corrected chi connectivity index (χ1v) is 11.0. The number of piperazine rings is 1. The van der Waals surface area contributed by atoms with Gasteiger partial charge in [0.1, 0.15) is 23.2 Å². The maximum absolute atomic E-state index is 9.35. The lowest BCUT2D eigenvalue weighted by Crippen LogP contribution is -2.44. The summed E-state index contributed by atoms with van der Waals surface area (Å²) in [4.78, 5) is 18.3. The molecule has 0 radical (unpaired) electrons. The van der Waals surface area contributed by atoms with Gasteiger partial charge in [-0.1, -0.05) is 17.7 Å². The van der Waals surface area contributed by atoms with Gasteiger partial charge in [0.25, 0.3) is 0 Å². The third-order valence-electron chi connectivity index (χ3n) is 5.97. The molecule has 0 amide bonds. The Hall–Kier alpha value is -3.23. The minimum Gasteiger partial charge on any atom is -0.424 e. The van der Waals surface area contributed by atoms with Crippen LogP contribution in [0, 0.1) is 0 Å². The monoisotopic (exact) mass is 432 g/mol. The highest BCUT2D eigenvalue weighted by Crippen LogP contribution is 2.31. The molecule has 3 heterocycles. The number of hydrogen-bond acceptors (Lipinski definition) is 8. The molecule has 1 aromatic carbocycles. The predicted molar refractivity (Wildman–Crippen MR) is 127 cm³/mol. The van der Waals surface area contributed by atoms with Crippen molar-refractivity contribution in [2.45, 2.75) is 13.3 Å². The fourth-order valence-electron chi connectivity index (χ4n) is 4.15. The van der Waals surface area contributed by atoms with Crippen LogP contribution >= 0.6 is 0 Å². The van der Waals surface area contributed by atoms with Gasteiger partial charge < -0.3 is 25.0 Å². The second kappa shape index (κ2) is 8.72. The van der Waals surface area contributed by atoms with Gasteiger partial charge in [-0.2, -0.15) is 9.97 Å². The fraction of sp³-hybridized carbons (Fsp3) is 0.375. The van der Waals surface area contributed by atoms with Crippen LogP contribution in [0.4, 0.5) is 11.6 Å². The smallest absolute Gasteiger partial charge is 0.325 e. The molecule has 2 N–H and O–H groups in total. The molecule has 0 bridgehead atoms. The van der Waals surface area contributed by atoms with Crippen LogP contribution in [0.15, 0.2) is 46.5 Å². The molecule has 32 heavy (non-hydrogen) atoms. The molecule has 8 nitrogen and oxygen atoms in total. The summed E-state index contributed by atoms with van der Waals surface area (Å²) in [6, 6.07) is 8.35. The lowest BCUT2D eigenvalue weighted by Gasteiger charge is -2.33. The SMILES string of the molecule is CC1=Cc2cc(Oc3nc(NC4=NCC(CO)=C4)cc(N4CCN(C)CC4)n3)ccc2C1. The predicted octanol–water partition coefficient (Wildman–Crippen LogP) is 2.72. The van der Waals surface area contributed by atoms with E-state index < -0.39 is 0 Å². The van der Waals surface area contributed by atoms with E-state index in [-0.39, 0.29) is 6.61 Å². The maximum Gasteiger partial charge on any atom is 0.325 e. The normalized spacial score (nSPS) is 18.2. The highest BCUT2D eigenvalue weighted by atomic mass is 16.5. The average molecular weight is 433 g/mol. The number of rotatable bonds is 5. The van der Waals surface area contributed by atoms with E-state index in [0.717, 1.165) is 49.7 Å². The van der Waals surface area contributed by atoms with E-state index >= 15 is 0 Å². The molecule has 2 aromatic rings. The first-order chi connectivity index (χ1) is 15.6. The van der Waals surface area contributed by atoms with Crippen LogP contribution in [0.2, 0.25) is 0 Å². The van der Waals surface area contributed by atoms with Gasteiger partial charge in [-0.05, 0) is 55.3 Å². The van der Waals surface area contributed by atoms with Crippen molar-refractivity contribution in [3.63, 3.8) is 0 Å². The molecular weight excluding hydrogens is 404 g/mol. The van der Waals surface area contributed by atoms with Crippen LogP contribution in [0.3, 0.4) is 0 Å². The molecule has 3 aliphatic rings. The van der Waals surface area contributed by atoms with Gasteiger partial charge in [0, 0.05) is 32.2 Å². The number of likely N-dealkylation sites (N-methyl/N-ethyl adjacent to an activating group) is 1. The molecule has 2 aliphatic heterocycles. The Bertz CT molecular complexity index is 1120. The van der Waals surface area contributed by atoms with E-state index in [1.807, 2.05) is 24.3 Å². The number of benzene rings is 1. The van der Waals surface area contributed by atoms with E-state index in [0.29, 0.717) is 24.2 Å². The second-order valence-corrected chi connectivity index (χ2v) is 8.60. The van der Waals surface area contributed by atoms with Crippen molar-refractivity contribution in [1.29, 1.82) is 0 Å². The molecule has 0 atom stereocenters. The molecule has 1 saturated heterocycles. The molecule has 166 valence electrons. The summed E-state index contributed by atoms with van der Waals surface area (Å²) in [5.41, 5.74) is 4.73. The summed E-state index contributed by atoms with van der Waals surface area (Å²) < 4.78 is 6.12. The number of nitrogens with one attached hydrogen (secondary N) is 1. The maximum atomic E-state index is 9.35. The molecule has 1 aromatic heterocycles. The number of anilines is 2. The van der Waals surface area contributed by atoms with Crippen LogP contribution in [-0.4, -0.2) is 72.2 Å². The fourth-order valence-corrected chi connectivity index (χ4v) is 4.15. The quantitative estimate of drug-likeness (QED) is 0.751. The van der Waals surface area contributed by atoms with Crippen molar-refractivity contribution in [3.8, 4) is 11.8 Å². The number of hydrogen-bond donors (Lipinski definition) is 2. The summed E-state index contributed by atoms with van der Waals surface area (Å²) in [6.45, 7) is 6.40. The van der Waals surface area contributed by atoms with Crippen LogP contribution in [-0.2, 0) is 6.42 Å². The Morgan fingerprint density at radius 2 is 1.94 bits per heavy atom. The first kappa shape index (κ1) is 20.7. The number of ether oxygens (including phenoxy) is 1. The van der Waals surface area contributed by atoms with E-state index in [1.165, 1.54) is 16.7 Å². The van der Waals surface area contributed by atoms with Gasteiger partial charge in [-0.25, -0.2) is 0 Å². The van der Waals surface area contributed by atoms with Crippen LogP contribution in [0.25, 0.3) is 6.08 Å². The number of aliphatic hydroxyl groups excluding tert-OH is 1. The highest BCUT2D eigenvalue weighted by Gasteiger charge is 2.19. The van der Waals surface area contributed by atoms with E-state index in [4.69, 9.17) is 9.72 Å². The van der Waals surface area contributed by atoms with Gasteiger partial charge >= 0.3 is 6.01 Å². The zero-order chi connectivity index (χ0) is 22.1. The molecule has 5 rings (SSSR count). The van der Waals surface area contributed by atoms with Gasteiger partial charge in [0.15, 0.2) is 0 Å². The second-order valence-electron chi connectivity index (χ2n) is 8.60. The first-order valence-electron chi connectivity index (χ1n) is 11.0. The number of allylic oxidation sites excluding steroid dienone is 1. The molecular formula is C24H28N6O2. The van der Waals surface area contributed by atoms with E-state index in [1.54, 1.807) is 0 Å². The summed E-state index contributed by atoms with van der Waals surface area (Å²) >= 11 is 0. The lowest BCUT2D eigenvalue weighted by molar-refractivity contribution is 0.311. The van der Waals surface area contributed by atoms with Crippen molar-refractivity contribution in [3.05, 3.63) is 52.6 Å². The molecule has 0 saturated carbocycles. The summed E-state index contributed by atoms with van der Waals surface area (Å²) in [5, 5.41) is 12.6. The Morgan fingerprint density at radius 1 is 1.09 bits per heavy atom. The van der Waals surface area contributed by atoms with E-state index in [2.05, 4.69) is 51.2 Å². The number of amidine groups is 1. The molecule has 1 aliphatic carbocycles. The minimum absolute atomic E-state index is 0.00557. The largest absolute Gasteiger partial charge is 0.424 e. The van der Waals surface area contributed by atoms with Crippen LogP contribution < -0.4 is 15.0 Å². The molecule has 8 heteroatoms.